The molecule has 0 saturated heterocycles. The largest absolute Gasteiger partial charge is 0.429 e. The van der Waals surface area contributed by atoms with Crippen molar-refractivity contribution < 1.29 is 13.2 Å². The Hall–Kier alpha value is -0.350. The van der Waals surface area contributed by atoms with E-state index in [1.807, 2.05) is 5.32 Å². The molecule has 0 radical (unpaired) electrons. The van der Waals surface area contributed by atoms with Crippen molar-refractivity contribution in [2.75, 3.05) is 0 Å². The number of allylic oxidation sites excluding steroid dienone is 2. The lowest BCUT2D eigenvalue weighted by molar-refractivity contribution is -0.155. The zero-order valence-corrected chi connectivity index (χ0v) is 7.13. The van der Waals surface area contributed by atoms with E-state index in [0.717, 1.165) is 18.4 Å². The van der Waals surface area contributed by atoms with Gasteiger partial charge in [-0.1, -0.05) is 23.2 Å². The van der Waals surface area contributed by atoms with Crippen molar-refractivity contribution in [3.8, 4) is 0 Å². The Bertz CT molecular complexity index is 246. The standard InChI is InChI=1S/C6H4Cl2F3N/c7-4-1-2-5(8,12-3-4)6(9,10)11/h1-3,12H. The summed E-state index contributed by atoms with van der Waals surface area (Å²) in [5, 5.41) is 2.12. The lowest BCUT2D eigenvalue weighted by Gasteiger charge is -2.28. The first kappa shape index (κ1) is 9.74. The maximum Gasteiger partial charge on any atom is 0.429 e. The molecule has 1 atom stereocenters. The van der Waals surface area contributed by atoms with Crippen molar-refractivity contribution >= 4 is 23.2 Å². The summed E-state index contributed by atoms with van der Waals surface area (Å²) in [6.07, 6.45) is -1.68. The van der Waals surface area contributed by atoms with Gasteiger partial charge in [-0.2, -0.15) is 13.2 Å². The van der Waals surface area contributed by atoms with Crippen LogP contribution < -0.4 is 5.32 Å². The van der Waals surface area contributed by atoms with E-state index in [-0.39, 0.29) is 5.03 Å². The molecule has 12 heavy (non-hydrogen) atoms. The molecule has 1 heterocycles. The highest BCUT2D eigenvalue weighted by molar-refractivity contribution is 6.32. The van der Waals surface area contributed by atoms with Gasteiger partial charge in [0, 0.05) is 6.20 Å². The van der Waals surface area contributed by atoms with E-state index in [1.165, 1.54) is 0 Å². The fraction of sp³-hybridized carbons (Fsp3) is 0.333. The first-order chi connectivity index (χ1) is 5.35. The number of nitrogens with one attached hydrogen (secondary N) is 1. The van der Waals surface area contributed by atoms with Crippen molar-refractivity contribution in [1.29, 1.82) is 0 Å². The maximum absolute atomic E-state index is 12.1. The molecule has 0 saturated carbocycles. The van der Waals surface area contributed by atoms with Crippen LogP contribution in [-0.4, -0.2) is 11.2 Å². The summed E-state index contributed by atoms with van der Waals surface area (Å²) in [6.45, 7) is 0. The van der Waals surface area contributed by atoms with Gasteiger partial charge in [0.25, 0.3) is 0 Å². The number of hydrogen-bond acceptors (Lipinski definition) is 1. The molecule has 0 aromatic heterocycles. The molecule has 0 spiro atoms. The van der Waals surface area contributed by atoms with Crippen molar-refractivity contribution in [3.05, 3.63) is 23.4 Å². The smallest absolute Gasteiger partial charge is 0.361 e. The number of rotatable bonds is 0. The fourth-order valence-electron chi connectivity index (χ4n) is 0.641. The van der Waals surface area contributed by atoms with Crippen molar-refractivity contribution in [2.45, 2.75) is 11.2 Å². The van der Waals surface area contributed by atoms with E-state index in [1.54, 1.807) is 0 Å². The molecule has 0 aromatic carbocycles. The zero-order valence-electron chi connectivity index (χ0n) is 5.62. The van der Waals surface area contributed by atoms with E-state index in [4.69, 9.17) is 23.2 Å². The van der Waals surface area contributed by atoms with Crippen molar-refractivity contribution in [2.24, 2.45) is 0 Å². The Kier molecular flexibility index (Phi) is 2.31. The number of halogens is 5. The van der Waals surface area contributed by atoms with Gasteiger partial charge in [-0.15, -0.1) is 0 Å². The van der Waals surface area contributed by atoms with Crippen LogP contribution in [0.3, 0.4) is 0 Å². The van der Waals surface area contributed by atoms with Crippen LogP contribution in [0.15, 0.2) is 23.4 Å². The predicted molar refractivity (Wildman–Crippen MR) is 40.9 cm³/mol. The maximum atomic E-state index is 12.1. The zero-order chi connectivity index (χ0) is 9.41. The minimum absolute atomic E-state index is 0.176. The summed E-state index contributed by atoms with van der Waals surface area (Å²) >= 11 is 10.6. The van der Waals surface area contributed by atoms with Crippen LogP contribution in [0.1, 0.15) is 0 Å². The SMILES string of the molecule is FC(F)(F)C1(Cl)C=CC(Cl)=CN1. The quantitative estimate of drug-likeness (QED) is 0.486. The Labute approximate surface area is 76.8 Å². The number of alkyl halides is 4. The molecule has 0 fully saturated rings. The molecule has 0 bridgehead atoms. The molecule has 1 aliphatic rings. The second kappa shape index (κ2) is 2.85. The first-order valence-corrected chi connectivity index (χ1v) is 3.69. The van der Waals surface area contributed by atoms with Gasteiger partial charge in [0.05, 0.1) is 5.03 Å². The third kappa shape index (κ3) is 1.69. The second-order valence-electron chi connectivity index (χ2n) is 2.22. The fourth-order valence-corrected chi connectivity index (χ4v) is 0.876. The monoisotopic (exact) mass is 217 g/mol. The van der Waals surface area contributed by atoms with Gasteiger partial charge in [0.1, 0.15) is 0 Å². The Morgan fingerprint density at radius 1 is 1.42 bits per heavy atom. The highest BCUT2D eigenvalue weighted by Crippen LogP contribution is 2.37. The van der Waals surface area contributed by atoms with Crippen LogP contribution in [0.25, 0.3) is 0 Å². The lowest BCUT2D eigenvalue weighted by atomic mass is 10.2. The molecule has 1 unspecified atom stereocenters. The summed E-state index contributed by atoms with van der Waals surface area (Å²) in [6, 6.07) is 0. The molecule has 1 nitrogen and oxygen atoms in total. The van der Waals surface area contributed by atoms with E-state index >= 15 is 0 Å². The molecule has 0 amide bonds. The van der Waals surface area contributed by atoms with E-state index < -0.39 is 11.2 Å². The minimum Gasteiger partial charge on any atom is -0.361 e. The predicted octanol–water partition coefficient (Wildman–Crippen LogP) is 2.72. The van der Waals surface area contributed by atoms with Crippen LogP contribution in [0.4, 0.5) is 13.2 Å². The summed E-state index contributed by atoms with van der Waals surface area (Å²) in [5.74, 6) is 0. The normalized spacial score (nSPS) is 29.6. The van der Waals surface area contributed by atoms with Gasteiger partial charge in [-0.25, -0.2) is 0 Å². The van der Waals surface area contributed by atoms with E-state index in [9.17, 15) is 13.2 Å². The molecule has 68 valence electrons. The minimum atomic E-state index is -4.54. The average Bonchev–Trinajstić information content (AvgIpc) is 1.93. The molecule has 0 aromatic rings. The molecule has 6 heteroatoms. The molecule has 1 aliphatic heterocycles. The van der Waals surface area contributed by atoms with Crippen molar-refractivity contribution in [1.82, 2.24) is 5.32 Å². The average molecular weight is 218 g/mol. The van der Waals surface area contributed by atoms with Gasteiger partial charge in [-0.05, 0) is 12.2 Å². The highest BCUT2D eigenvalue weighted by atomic mass is 35.5. The number of hydrogen-bond donors (Lipinski definition) is 1. The summed E-state index contributed by atoms with van der Waals surface area (Å²) in [7, 11) is 0. The van der Waals surface area contributed by atoms with Crippen LogP contribution >= 0.6 is 23.2 Å². The third-order valence-electron chi connectivity index (χ3n) is 1.30. The molecular formula is C6H4Cl2F3N. The number of dihydropyridines is 1. The Balaban J connectivity index is 2.86. The van der Waals surface area contributed by atoms with Gasteiger partial charge in [0.15, 0.2) is 0 Å². The van der Waals surface area contributed by atoms with Gasteiger partial charge >= 0.3 is 6.18 Å². The lowest BCUT2D eigenvalue weighted by Crippen LogP contribution is -2.49. The Morgan fingerprint density at radius 2 is 2.00 bits per heavy atom. The molecule has 1 rings (SSSR count). The van der Waals surface area contributed by atoms with E-state index in [2.05, 4.69) is 0 Å². The second-order valence-corrected chi connectivity index (χ2v) is 3.25. The molecular weight excluding hydrogens is 214 g/mol. The molecule has 0 aliphatic carbocycles. The Morgan fingerprint density at radius 3 is 2.33 bits per heavy atom. The third-order valence-corrected chi connectivity index (χ3v) is 1.99. The van der Waals surface area contributed by atoms with Crippen molar-refractivity contribution in [3.63, 3.8) is 0 Å². The van der Waals surface area contributed by atoms with Gasteiger partial charge < -0.3 is 5.32 Å². The van der Waals surface area contributed by atoms with Crippen LogP contribution in [0, 0.1) is 0 Å². The van der Waals surface area contributed by atoms with Crippen LogP contribution in [0.5, 0.6) is 0 Å². The summed E-state index contributed by atoms with van der Waals surface area (Å²) < 4.78 is 36.4. The first-order valence-electron chi connectivity index (χ1n) is 2.93. The molecule has 1 N–H and O–H groups in total. The highest BCUT2D eigenvalue weighted by Gasteiger charge is 2.52. The van der Waals surface area contributed by atoms with Crippen LogP contribution in [-0.2, 0) is 0 Å². The van der Waals surface area contributed by atoms with Gasteiger partial charge in [0.2, 0.25) is 5.00 Å². The van der Waals surface area contributed by atoms with Crippen LogP contribution in [0.2, 0.25) is 0 Å². The van der Waals surface area contributed by atoms with Gasteiger partial charge in [-0.3, -0.25) is 0 Å². The summed E-state index contributed by atoms with van der Waals surface area (Å²) in [4.78, 5) is -2.52. The van der Waals surface area contributed by atoms with E-state index in [0.29, 0.717) is 0 Å². The topological polar surface area (TPSA) is 12.0 Å². The summed E-state index contributed by atoms with van der Waals surface area (Å²) in [5.41, 5.74) is 0.